The average molecular weight is 518 g/mol. The summed E-state index contributed by atoms with van der Waals surface area (Å²) < 4.78 is 0. The molecule has 204 valence electrons. The molecule has 0 spiro atoms. The van der Waals surface area contributed by atoms with Crippen molar-refractivity contribution < 1.29 is 0 Å². The van der Waals surface area contributed by atoms with Crippen molar-refractivity contribution in [2.75, 3.05) is 5.32 Å². The lowest BCUT2D eigenvalue weighted by Crippen LogP contribution is -2.08. The zero-order valence-corrected chi connectivity index (χ0v) is 24.5. The molecule has 4 aromatic carbocycles. The number of para-hydroxylation sites is 2. The highest BCUT2D eigenvalue weighted by molar-refractivity contribution is 5.68. The molecule has 0 aliphatic rings. The molecule has 0 saturated carbocycles. The minimum Gasteiger partial charge on any atom is -0.355 e. The third-order valence-electron chi connectivity index (χ3n) is 7.94. The molecule has 0 amide bonds. The van der Waals surface area contributed by atoms with Crippen molar-refractivity contribution in [3.8, 4) is 0 Å². The lowest BCUT2D eigenvalue weighted by molar-refractivity contribution is 0.697. The van der Waals surface area contributed by atoms with E-state index in [9.17, 15) is 0 Å². The number of anilines is 2. The monoisotopic (exact) mass is 517 g/mol. The van der Waals surface area contributed by atoms with Crippen LogP contribution >= 0.6 is 0 Å². The number of aryl methyl sites for hydroxylation is 2. The Balaban J connectivity index is 1.68. The van der Waals surface area contributed by atoms with Gasteiger partial charge in [-0.25, -0.2) is 0 Å². The van der Waals surface area contributed by atoms with Gasteiger partial charge in [0.1, 0.15) is 0 Å². The summed E-state index contributed by atoms with van der Waals surface area (Å²) in [4.78, 5) is 0. The van der Waals surface area contributed by atoms with Crippen molar-refractivity contribution in [1.29, 1.82) is 0 Å². The molecule has 0 bridgehead atoms. The molecule has 2 unspecified atom stereocenters. The summed E-state index contributed by atoms with van der Waals surface area (Å²) in [5.74, 6) is 0.748. The Morgan fingerprint density at radius 3 is 1.21 bits per heavy atom. The Hall–Kier alpha value is -3.32. The van der Waals surface area contributed by atoms with Gasteiger partial charge in [0.15, 0.2) is 0 Å². The van der Waals surface area contributed by atoms with Crippen LogP contribution in [0.2, 0.25) is 0 Å². The molecule has 39 heavy (non-hydrogen) atoms. The van der Waals surface area contributed by atoms with Crippen LogP contribution in [0, 0.1) is 0 Å². The molecular weight excluding hydrogens is 470 g/mol. The van der Waals surface area contributed by atoms with Crippen LogP contribution < -0.4 is 5.32 Å². The first-order valence-corrected chi connectivity index (χ1v) is 15.3. The number of benzene rings is 4. The summed E-state index contributed by atoms with van der Waals surface area (Å²) in [6.45, 7) is 9.09. The number of nitrogens with one attached hydrogen (secondary N) is 1. The van der Waals surface area contributed by atoms with E-state index >= 15 is 0 Å². The third kappa shape index (κ3) is 7.41. The normalized spacial score (nSPS) is 12.7. The molecule has 2 atom stereocenters. The lowest BCUT2D eigenvalue weighted by atomic mass is 9.85. The molecular formula is C38H47N. The van der Waals surface area contributed by atoms with Gasteiger partial charge in [0, 0.05) is 23.2 Å². The quantitative estimate of drug-likeness (QED) is 0.175. The van der Waals surface area contributed by atoms with E-state index in [-0.39, 0.29) is 0 Å². The van der Waals surface area contributed by atoms with Crippen molar-refractivity contribution in [3.63, 3.8) is 0 Å². The average Bonchev–Trinajstić information content (AvgIpc) is 2.97. The van der Waals surface area contributed by atoms with Gasteiger partial charge in [0.2, 0.25) is 0 Å². The minimum absolute atomic E-state index is 0.374. The predicted octanol–water partition coefficient (Wildman–Crippen LogP) is 11.2. The molecule has 4 rings (SSSR count). The standard InChI is InChI=1S/C38H47N/c1-5-13-29-21-25-31(26-22-29)33(15-7-3)35-17-9-11-19-37(35)39-38-20-12-10-18-36(38)34(16-8-4)32-27-23-30(14-6-2)24-28-32/h9-12,17-28,33-34,39H,5-8,13-16H2,1-4H3. The maximum Gasteiger partial charge on any atom is 0.0423 e. The second kappa shape index (κ2) is 14.7. The maximum absolute atomic E-state index is 3.92. The van der Waals surface area contributed by atoms with Gasteiger partial charge in [-0.05, 0) is 71.2 Å². The molecule has 0 aliphatic heterocycles. The van der Waals surface area contributed by atoms with Crippen LogP contribution in [0.25, 0.3) is 0 Å². The molecule has 4 aromatic rings. The Morgan fingerprint density at radius 2 is 0.846 bits per heavy atom. The lowest BCUT2D eigenvalue weighted by Gasteiger charge is -2.25. The smallest absolute Gasteiger partial charge is 0.0423 e. The van der Waals surface area contributed by atoms with Gasteiger partial charge in [-0.1, -0.05) is 138 Å². The Bertz CT molecular complexity index is 1170. The highest BCUT2D eigenvalue weighted by atomic mass is 14.9. The van der Waals surface area contributed by atoms with Crippen molar-refractivity contribution in [2.45, 2.75) is 90.9 Å². The second-order valence-corrected chi connectivity index (χ2v) is 11.0. The van der Waals surface area contributed by atoms with Gasteiger partial charge in [0.25, 0.3) is 0 Å². The van der Waals surface area contributed by atoms with Crippen LogP contribution in [0.3, 0.4) is 0 Å². The van der Waals surface area contributed by atoms with Crippen molar-refractivity contribution in [2.24, 2.45) is 0 Å². The van der Waals surface area contributed by atoms with E-state index in [2.05, 4.69) is 130 Å². The van der Waals surface area contributed by atoms with Crippen molar-refractivity contribution in [3.05, 3.63) is 130 Å². The summed E-state index contributed by atoms with van der Waals surface area (Å²) in [6.07, 6.45) is 9.24. The first kappa shape index (κ1) is 28.7. The van der Waals surface area contributed by atoms with Crippen LogP contribution in [0.1, 0.15) is 111 Å². The minimum atomic E-state index is 0.374. The van der Waals surface area contributed by atoms with Gasteiger partial charge in [-0.2, -0.15) is 0 Å². The van der Waals surface area contributed by atoms with E-state index in [0.717, 1.165) is 38.5 Å². The molecule has 1 N–H and O–H groups in total. The van der Waals surface area contributed by atoms with Crippen LogP contribution in [-0.4, -0.2) is 0 Å². The van der Waals surface area contributed by atoms with E-state index in [0.29, 0.717) is 11.8 Å². The Morgan fingerprint density at radius 1 is 0.462 bits per heavy atom. The highest BCUT2D eigenvalue weighted by Gasteiger charge is 2.20. The third-order valence-corrected chi connectivity index (χ3v) is 7.94. The summed E-state index contributed by atoms with van der Waals surface area (Å²) in [5, 5.41) is 3.92. The van der Waals surface area contributed by atoms with E-state index < -0.39 is 0 Å². The largest absolute Gasteiger partial charge is 0.355 e. The molecule has 1 nitrogen and oxygen atoms in total. The van der Waals surface area contributed by atoms with Crippen LogP contribution in [-0.2, 0) is 12.8 Å². The summed E-state index contributed by atoms with van der Waals surface area (Å²) in [6, 6.07) is 36.6. The highest BCUT2D eigenvalue weighted by Crippen LogP contribution is 2.39. The van der Waals surface area contributed by atoms with Crippen LogP contribution in [0.15, 0.2) is 97.1 Å². The maximum atomic E-state index is 3.92. The molecule has 1 heteroatoms. The fourth-order valence-electron chi connectivity index (χ4n) is 5.97. The van der Waals surface area contributed by atoms with Gasteiger partial charge >= 0.3 is 0 Å². The molecule has 0 saturated heterocycles. The van der Waals surface area contributed by atoms with Gasteiger partial charge < -0.3 is 5.32 Å². The summed E-state index contributed by atoms with van der Waals surface area (Å²) in [5.41, 5.74) is 10.9. The summed E-state index contributed by atoms with van der Waals surface area (Å²) in [7, 11) is 0. The number of hydrogen-bond acceptors (Lipinski definition) is 1. The summed E-state index contributed by atoms with van der Waals surface area (Å²) >= 11 is 0. The number of rotatable bonds is 14. The molecule has 0 aliphatic carbocycles. The van der Waals surface area contributed by atoms with Crippen molar-refractivity contribution in [1.82, 2.24) is 0 Å². The fraction of sp³-hybridized carbons (Fsp3) is 0.368. The van der Waals surface area contributed by atoms with Crippen molar-refractivity contribution >= 4 is 11.4 Å². The van der Waals surface area contributed by atoms with Crippen LogP contribution in [0.4, 0.5) is 11.4 Å². The SMILES string of the molecule is CCCc1ccc(C(CCC)c2ccccc2Nc2ccccc2C(CCC)c2ccc(CCC)cc2)cc1. The molecule has 0 heterocycles. The first-order valence-electron chi connectivity index (χ1n) is 15.3. The number of hydrogen-bond donors (Lipinski definition) is 1. The molecule has 0 aromatic heterocycles. The van der Waals surface area contributed by atoms with Gasteiger partial charge in [-0.15, -0.1) is 0 Å². The Labute approximate surface area is 237 Å². The van der Waals surface area contributed by atoms with E-state index in [1.165, 1.54) is 57.6 Å². The zero-order valence-electron chi connectivity index (χ0n) is 24.5. The molecule has 0 fully saturated rings. The molecule has 0 radical (unpaired) electrons. The Kier molecular flexibility index (Phi) is 10.8. The van der Waals surface area contributed by atoms with E-state index in [1.54, 1.807) is 0 Å². The van der Waals surface area contributed by atoms with Gasteiger partial charge in [0.05, 0.1) is 0 Å². The first-order chi connectivity index (χ1) is 19.2. The predicted molar refractivity (Wildman–Crippen MR) is 171 cm³/mol. The van der Waals surface area contributed by atoms with E-state index in [1.807, 2.05) is 0 Å². The van der Waals surface area contributed by atoms with Crippen LogP contribution in [0.5, 0.6) is 0 Å². The zero-order chi connectivity index (χ0) is 27.5. The second-order valence-electron chi connectivity index (χ2n) is 11.0. The van der Waals surface area contributed by atoms with E-state index in [4.69, 9.17) is 0 Å². The topological polar surface area (TPSA) is 12.0 Å². The van der Waals surface area contributed by atoms with Gasteiger partial charge in [-0.3, -0.25) is 0 Å². The fourth-order valence-corrected chi connectivity index (χ4v) is 5.97.